The number of nitrogens with zero attached hydrogens (tertiary/aromatic N) is 6. The molecule has 0 aliphatic heterocycles. The molecule has 0 unspecified atom stereocenters. The second-order valence-electron chi connectivity index (χ2n) is 8.95. The summed E-state index contributed by atoms with van der Waals surface area (Å²) in [6.07, 6.45) is 3.59. The van der Waals surface area contributed by atoms with Gasteiger partial charge < -0.3 is 20.7 Å². The fourth-order valence-electron chi connectivity index (χ4n) is 3.74. The van der Waals surface area contributed by atoms with E-state index in [0.717, 1.165) is 0 Å². The van der Waals surface area contributed by atoms with Crippen molar-refractivity contribution in [1.82, 2.24) is 20.4 Å². The first kappa shape index (κ1) is 30.8. The summed E-state index contributed by atoms with van der Waals surface area (Å²) in [6.45, 7) is 7.73. The molecule has 202 valence electrons. The van der Waals surface area contributed by atoms with Crippen LogP contribution in [0.15, 0.2) is 22.0 Å². The van der Waals surface area contributed by atoms with E-state index >= 15 is 0 Å². The van der Waals surface area contributed by atoms with Crippen LogP contribution in [0.4, 0.5) is 5.13 Å². The normalized spacial score (nSPS) is 14.6. The van der Waals surface area contributed by atoms with Crippen LogP contribution in [0, 0.1) is 27.9 Å². The predicted octanol–water partition coefficient (Wildman–Crippen LogP) is 2.76. The summed E-state index contributed by atoms with van der Waals surface area (Å²) < 4.78 is 0. The van der Waals surface area contributed by atoms with Gasteiger partial charge in [-0.2, -0.15) is 5.01 Å². The number of hydroxylamine groups is 2. The Kier molecular flexibility index (Phi) is 13.5. The van der Waals surface area contributed by atoms with Crippen LogP contribution in [0.2, 0.25) is 0 Å². The smallest absolute Gasteiger partial charge is 0.249 e. The maximum Gasteiger partial charge on any atom is 0.249 e. The zero-order valence-electron chi connectivity index (χ0n) is 21.2. The van der Waals surface area contributed by atoms with E-state index < -0.39 is 40.8 Å². The van der Waals surface area contributed by atoms with Crippen molar-refractivity contribution < 1.29 is 24.6 Å². The van der Waals surface area contributed by atoms with Gasteiger partial charge in [-0.1, -0.05) is 34.1 Å². The van der Waals surface area contributed by atoms with Gasteiger partial charge in [0.25, 0.3) is 0 Å². The molecular weight excluding hydrogens is 492 g/mol. The van der Waals surface area contributed by atoms with E-state index in [9.17, 15) is 29.7 Å². The summed E-state index contributed by atoms with van der Waals surface area (Å²) >= 11 is 1.23. The summed E-state index contributed by atoms with van der Waals surface area (Å²) in [5, 5.41) is 35.3. The van der Waals surface area contributed by atoms with Crippen LogP contribution in [0.3, 0.4) is 0 Å². The van der Waals surface area contributed by atoms with Crippen molar-refractivity contribution in [3.63, 3.8) is 0 Å². The van der Waals surface area contributed by atoms with E-state index in [2.05, 4.69) is 26.1 Å². The molecule has 0 aliphatic carbocycles. The minimum Gasteiger partial charge on any atom is -0.344 e. The number of hydrogen-bond acceptors (Lipinski definition) is 9. The number of rotatable bonds is 17. The highest BCUT2D eigenvalue weighted by Crippen LogP contribution is 2.24. The van der Waals surface area contributed by atoms with E-state index in [4.69, 9.17) is 0 Å². The summed E-state index contributed by atoms with van der Waals surface area (Å²) in [6, 6.07) is -1.73. The number of carbonyl (C=O) groups excluding carboxylic acids is 3. The van der Waals surface area contributed by atoms with Crippen molar-refractivity contribution in [3.05, 3.63) is 21.7 Å². The van der Waals surface area contributed by atoms with E-state index in [1.807, 2.05) is 20.8 Å². The zero-order valence-corrected chi connectivity index (χ0v) is 22.1. The quantitative estimate of drug-likeness (QED) is 0.0906. The molecule has 3 N–H and O–H groups in total. The fraction of sp³-hybridized carbons (Fsp3) is 0.714. The number of amides is 3. The summed E-state index contributed by atoms with van der Waals surface area (Å²) in [4.78, 5) is 52.4. The number of nitrogens with one attached hydrogen (secondary N) is 2. The summed E-state index contributed by atoms with van der Waals surface area (Å²) in [5.74, 6) is -2.02. The van der Waals surface area contributed by atoms with Crippen LogP contribution in [0.25, 0.3) is 0 Å². The third kappa shape index (κ3) is 10.6. The molecule has 0 spiro atoms. The minimum absolute atomic E-state index is 0.0841. The van der Waals surface area contributed by atoms with Gasteiger partial charge in [0.15, 0.2) is 10.4 Å². The average molecular weight is 529 g/mol. The Labute approximate surface area is 214 Å². The van der Waals surface area contributed by atoms with Crippen LogP contribution in [0.5, 0.6) is 0 Å². The molecule has 0 radical (unpaired) electrons. The molecule has 0 aromatic carbocycles. The molecule has 1 rings (SSSR count). The van der Waals surface area contributed by atoms with Crippen molar-refractivity contribution >= 4 is 34.7 Å². The van der Waals surface area contributed by atoms with E-state index in [1.165, 1.54) is 29.6 Å². The molecule has 14 nitrogen and oxygen atoms in total. The molecule has 0 saturated heterocycles. The SMILES string of the molecule is CCC[C@@H]([C@@H](CC(C)C)C(=O)N[C@H](C(=O)Nc1nccs1)[C@H](C)CCN(C)N=N[N+](=O)[O-])N(O)C=O. The van der Waals surface area contributed by atoms with Crippen molar-refractivity contribution in [2.75, 3.05) is 18.9 Å². The fourth-order valence-corrected chi connectivity index (χ4v) is 4.27. The van der Waals surface area contributed by atoms with Gasteiger partial charge in [0, 0.05) is 18.6 Å². The van der Waals surface area contributed by atoms with Crippen molar-refractivity contribution in [2.45, 2.75) is 65.5 Å². The maximum absolute atomic E-state index is 13.5. The number of aromatic nitrogens is 1. The monoisotopic (exact) mass is 528 g/mol. The summed E-state index contributed by atoms with van der Waals surface area (Å²) in [5.41, 5.74) is 0. The van der Waals surface area contributed by atoms with Gasteiger partial charge in [0.05, 0.1) is 23.5 Å². The van der Waals surface area contributed by atoms with E-state index in [1.54, 1.807) is 12.3 Å². The molecule has 0 aliphatic rings. The van der Waals surface area contributed by atoms with E-state index in [0.29, 0.717) is 35.9 Å². The second kappa shape index (κ2) is 15.7. The van der Waals surface area contributed by atoms with Crippen molar-refractivity contribution in [2.24, 2.45) is 28.2 Å². The molecule has 1 aromatic heterocycles. The van der Waals surface area contributed by atoms with Crippen LogP contribution in [-0.2, 0) is 14.4 Å². The van der Waals surface area contributed by atoms with Crippen molar-refractivity contribution in [3.8, 4) is 0 Å². The molecule has 15 heteroatoms. The van der Waals surface area contributed by atoms with Gasteiger partial charge in [-0.3, -0.25) is 19.6 Å². The molecule has 0 saturated carbocycles. The largest absolute Gasteiger partial charge is 0.344 e. The first-order chi connectivity index (χ1) is 17.0. The Morgan fingerprint density at radius 3 is 2.53 bits per heavy atom. The Morgan fingerprint density at radius 2 is 2.00 bits per heavy atom. The van der Waals surface area contributed by atoms with Gasteiger partial charge >= 0.3 is 0 Å². The molecule has 36 heavy (non-hydrogen) atoms. The highest BCUT2D eigenvalue weighted by atomic mass is 32.1. The summed E-state index contributed by atoms with van der Waals surface area (Å²) in [7, 11) is 1.51. The Bertz CT molecular complexity index is 869. The van der Waals surface area contributed by atoms with Crippen LogP contribution < -0.4 is 10.6 Å². The number of carbonyl (C=O) groups is 3. The zero-order chi connectivity index (χ0) is 27.3. The third-order valence-corrected chi connectivity index (χ3v) is 6.23. The molecule has 0 bridgehead atoms. The second-order valence-corrected chi connectivity index (χ2v) is 9.85. The van der Waals surface area contributed by atoms with Gasteiger partial charge in [0.1, 0.15) is 6.04 Å². The predicted molar refractivity (Wildman–Crippen MR) is 132 cm³/mol. The highest BCUT2D eigenvalue weighted by Gasteiger charge is 2.36. The Morgan fingerprint density at radius 1 is 1.31 bits per heavy atom. The number of thiazole rings is 1. The van der Waals surface area contributed by atoms with Crippen LogP contribution >= 0.6 is 11.3 Å². The lowest BCUT2D eigenvalue weighted by Gasteiger charge is -2.33. The number of anilines is 1. The average Bonchev–Trinajstić information content (AvgIpc) is 3.33. The van der Waals surface area contributed by atoms with Gasteiger partial charge in [0.2, 0.25) is 23.4 Å². The van der Waals surface area contributed by atoms with Crippen LogP contribution in [0.1, 0.15) is 53.4 Å². The van der Waals surface area contributed by atoms with Gasteiger partial charge in [-0.25, -0.2) is 10.0 Å². The van der Waals surface area contributed by atoms with Gasteiger partial charge in [-0.05, 0) is 31.1 Å². The Hall–Kier alpha value is -3.20. The number of nitro groups is 1. The minimum atomic E-state index is -0.984. The molecule has 0 fully saturated rings. The first-order valence-corrected chi connectivity index (χ1v) is 12.6. The topological polar surface area (TPSA) is 183 Å². The lowest BCUT2D eigenvalue weighted by Crippen LogP contribution is -2.53. The molecular formula is C21H36N8O6S. The highest BCUT2D eigenvalue weighted by molar-refractivity contribution is 7.13. The molecule has 1 heterocycles. The Balaban J connectivity index is 3.14. The lowest BCUT2D eigenvalue weighted by atomic mass is 9.86. The first-order valence-electron chi connectivity index (χ1n) is 11.7. The van der Waals surface area contributed by atoms with Crippen molar-refractivity contribution in [1.29, 1.82) is 0 Å². The lowest BCUT2D eigenvalue weighted by molar-refractivity contribution is -0.496. The van der Waals surface area contributed by atoms with Crippen LogP contribution in [-0.4, -0.2) is 69.2 Å². The molecule has 4 atom stereocenters. The number of hydrogen-bond donors (Lipinski definition) is 3. The maximum atomic E-state index is 13.5. The third-order valence-electron chi connectivity index (χ3n) is 5.54. The van der Waals surface area contributed by atoms with Gasteiger partial charge in [-0.15, -0.1) is 11.3 Å². The molecule has 1 aromatic rings. The standard InChI is InChI=1S/C21H36N8O6S/c1-6-7-17(28(33)13-30)16(12-14(2)3)19(31)23-18(20(32)24-21-22-9-11-36-21)15(4)8-10-27(5)25-26-29(34)35/h9,11,13-18,33H,6-8,10,12H2,1-5H3,(H,23,31)(H,22,24,32)/t15-,16-,17+,18+/m1/s1. The molecule has 3 amide bonds. The van der Waals surface area contributed by atoms with E-state index in [-0.39, 0.29) is 18.9 Å².